The highest BCUT2D eigenvalue weighted by Gasteiger charge is 2.09. The maximum absolute atomic E-state index is 12.3. The first-order valence-electron chi connectivity index (χ1n) is 8.63. The van der Waals surface area contributed by atoms with E-state index in [0.29, 0.717) is 29.4 Å². The van der Waals surface area contributed by atoms with E-state index in [9.17, 15) is 9.59 Å². The van der Waals surface area contributed by atoms with Crippen molar-refractivity contribution in [1.29, 1.82) is 0 Å². The van der Waals surface area contributed by atoms with E-state index >= 15 is 0 Å². The van der Waals surface area contributed by atoms with Crippen LogP contribution in [0.15, 0.2) is 60.8 Å². The van der Waals surface area contributed by atoms with Crippen molar-refractivity contribution in [2.75, 3.05) is 0 Å². The van der Waals surface area contributed by atoms with Crippen LogP contribution in [0.2, 0.25) is 5.02 Å². The number of rotatable bonds is 7. The molecule has 142 valence electrons. The second-order valence-electron chi connectivity index (χ2n) is 6.40. The Balaban J connectivity index is 1.61. The summed E-state index contributed by atoms with van der Waals surface area (Å²) in [5.41, 5.74) is 2.69. The third-order valence-electron chi connectivity index (χ3n) is 4.13. The zero-order valence-electron chi connectivity index (χ0n) is 15.2. The molecule has 0 radical (unpaired) electrons. The number of ether oxygens (including phenoxy) is 1. The lowest BCUT2D eigenvalue weighted by molar-refractivity contribution is -0.117. The first-order chi connectivity index (χ1) is 13.4. The summed E-state index contributed by atoms with van der Waals surface area (Å²) in [7, 11) is 0. The molecule has 0 aliphatic rings. The number of aryl methyl sites for hydroxylation is 1. The van der Waals surface area contributed by atoms with E-state index in [0.717, 1.165) is 16.7 Å². The fourth-order valence-electron chi connectivity index (χ4n) is 2.74. The number of ketones is 1. The van der Waals surface area contributed by atoms with Crippen molar-refractivity contribution in [1.82, 2.24) is 4.98 Å². The van der Waals surface area contributed by atoms with Gasteiger partial charge in [-0.3, -0.25) is 4.79 Å². The van der Waals surface area contributed by atoms with Crippen LogP contribution >= 0.6 is 11.6 Å². The molecular formula is C22H18ClNO4. The third-order valence-corrected chi connectivity index (χ3v) is 4.56. The summed E-state index contributed by atoms with van der Waals surface area (Å²) in [6.45, 7) is 1.91. The number of aromatic carboxylic acids is 1. The molecule has 28 heavy (non-hydrogen) atoms. The Hall–Kier alpha value is -3.18. The van der Waals surface area contributed by atoms with Gasteiger partial charge in [0.25, 0.3) is 0 Å². The van der Waals surface area contributed by atoms with Gasteiger partial charge in [-0.05, 0) is 47.9 Å². The first kappa shape index (κ1) is 19.6. The van der Waals surface area contributed by atoms with Gasteiger partial charge in [0.2, 0.25) is 0 Å². The molecule has 3 rings (SSSR count). The number of carboxylic acids is 1. The minimum atomic E-state index is -1.12. The lowest BCUT2D eigenvalue weighted by Gasteiger charge is -2.08. The molecule has 1 heterocycles. The number of hydrogen-bond acceptors (Lipinski definition) is 4. The van der Waals surface area contributed by atoms with Crippen molar-refractivity contribution in [3.8, 4) is 11.5 Å². The van der Waals surface area contributed by atoms with E-state index in [4.69, 9.17) is 21.4 Å². The summed E-state index contributed by atoms with van der Waals surface area (Å²) in [5, 5.41) is 9.66. The fourth-order valence-corrected chi connectivity index (χ4v) is 2.86. The van der Waals surface area contributed by atoms with Gasteiger partial charge >= 0.3 is 5.97 Å². The van der Waals surface area contributed by atoms with Gasteiger partial charge in [0.1, 0.15) is 17.3 Å². The van der Waals surface area contributed by atoms with Crippen LogP contribution in [0.3, 0.4) is 0 Å². The predicted octanol–water partition coefficient (Wildman–Crippen LogP) is 4.89. The molecule has 5 nitrogen and oxygen atoms in total. The Morgan fingerprint density at radius 1 is 0.964 bits per heavy atom. The molecule has 0 aliphatic heterocycles. The zero-order chi connectivity index (χ0) is 20.1. The molecule has 0 spiro atoms. The van der Waals surface area contributed by atoms with E-state index in [1.165, 1.54) is 12.3 Å². The third kappa shape index (κ3) is 5.18. The number of nitrogens with zero attached hydrogens (tertiary/aromatic N) is 1. The molecule has 1 N–H and O–H groups in total. The van der Waals surface area contributed by atoms with Crippen molar-refractivity contribution in [2.24, 2.45) is 0 Å². The lowest BCUT2D eigenvalue weighted by Crippen LogP contribution is -2.06. The molecule has 1 aromatic heterocycles. The van der Waals surface area contributed by atoms with Gasteiger partial charge in [-0.15, -0.1) is 0 Å². The Bertz CT molecular complexity index is 1020. The van der Waals surface area contributed by atoms with Crippen LogP contribution < -0.4 is 4.74 Å². The Morgan fingerprint density at radius 3 is 2.32 bits per heavy atom. The molecule has 0 saturated heterocycles. The minimum Gasteiger partial charge on any atom is -0.477 e. The molecule has 0 aliphatic carbocycles. The van der Waals surface area contributed by atoms with Crippen molar-refractivity contribution < 1.29 is 19.4 Å². The number of hydrogen-bond donors (Lipinski definition) is 1. The van der Waals surface area contributed by atoms with Crippen molar-refractivity contribution in [3.05, 3.63) is 88.2 Å². The average molecular weight is 396 g/mol. The molecule has 0 atom stereocenters. The molecule has 2 aromatic carbocycles. The zero-order valence-corrected chi connectivity index (χ0v) is 15.9. The lowest BCUT2D eigenvalue weighted by atomic mass is 10.0. The molecular weight excluding hydrogens is 378 g/mol. The van der Waals surface area contributed by atoms with Crippen LogP contribution in [0.1, 0.15) is 27.2 Å². The van der Waals surface area contributed by atoms with Gasteiger partial charge in [0, 0.05) is 30.1 Å². The number of Topliss-reactive ketones (excluding diaryl/α,β-unsaturated/α-hetero) is 1. The van der Waals surface area contributed by atoms with Crippen molar-refractivity contribution in [2.45, 2.75) is 19.8 Å². The maximum Gasteiger partial charge on any atom is 0.354 e. The van der Waals surface area contributed by atoms with Crippen LogP contribution in [0, 0.1) is 6.92 Å². The highest BCUT2D eigenvalue weighted by molar-refractivity contribution is 6.31. The summed E-state index contributed by atoms with van der Waals surface area (Å²) >= 11 is 6.01. The van der Waals surface area contributed by atoms with E-state index in [1.807, 2.05) is 31.2 Å². The summed E-state index contributed by atoms with van der Waals surface area (Å²) < 4.78 is 5.65. The van der Waals surface area contributed by atoms with Gasteiger partial charge in [-0.1, -0.05) is 35.9 Å². The van der Waals surface area contributed by atoms with Crippen molar-refractivity contribution >= 4 is 23.4 Å². The topological polar surface area (TPSA) is 76.5 Å². The fraction of sp³-hybridized carbons (Fsp3) is 0.136. The highest BCUT2D eigenvalue weighted by atomic mass is 35.5. The highest BCUT2D eigenvalue weighted by Crippen LogP contribution is 2.22. The second-order valence-corrected chi connectivity index (χ2v) is 6.81. The summed E-state index contributed by atoms with van der Waals surface area (Å²) in [4.78, 5) is 27.0. The molecule has 6 heteroatoms. The largest absolute Gasteiger partial charge is 0.477 e. The van der Waals surface area contributed by atoms with Crippen LogP contribution in [0.25, 0.3) is 0 Å². The Morgan fingerprint density at radius 2 is 1.64 bits per heavy atom. The second kappa shape index (κ2) is 8.67. The van der Waals surface area contributed by atoms with Crippen LogP contribution in [-0.2, 0) is 17.6 Å². The van der Waals surface area contributed by atoms with Crippen molar-refractivity contribution in [3.63, 3.8) is 0 Å². The van der Waals surface area contributed by atoms with Gasteiger partial charge < -0.3 is 9.84 Å². The number of benzene rings is 2. The van der Waals surface area contributed by atoms with Gasteiger partial charge in [0.15, 0.2) is 5.69 Å². The quantitative estimate of drug-likeness (QED) is 0.616. The Labute approximate surface area is 167 Å². The van der Waals surface area contributed by atoms with E-state index < -0.39 is 5.97 Å². The van der Waals surface area contributed by atoms with E-state index in [-0.39, 0.29) is 11.5 Å². The summed E-state index contributed by atoms with van der Waals surface area (Å²) in [5.74, 6) is -0.0767. The SMILES string of the molecule is Cc1cc(CC(=O)Cc2ccc(Oc3ccnc(C(=O)O)c3)cc2)ccc1Cl. The minimum absolute atomic E-state index is 0.0860. The van der Waals surface area contributed by atoms with Crippen LogP contribution in [0.4, 0.5) is 0 Å². The summed E-state index contributed by atoms with van der Waals surface area (Å²) in [6.07, 6.45) is 2.05. The average Bonchev–Trinajstić information content (AvgIpc) is 2.66. The number of aromatic nitrogens is 1. The molecule has 3 aromatic rings. The van der Waals surface area contributed by atoms with Crippen LogP contribution in [-0.4, -0.2) is 21.8 Å². The summed E-state index contributed by atoms with van der Waals surface area (Å²) in [6, 6.07) is 15.7. The van der Waals surface area contributed by atoms with Gasteiger partial charge in [-0.25, -0.2) is 9.78 Å². The molecule has 0 fully saturated rings. The molecule has 0 amide bonds. The number of pyridine rings is 1. The smallest absolute Gasteiger partial charge is 0.354 e. The number of carbonyl (C=O) groups excluding carboxylic acids is 1. The van der Waals surface area contributed by atoms with Gasteiger partial charge in [0.05, 0.1) is 0 Å². The number of carboxylic acid groups (broad SMARTS) is 1. The van der Waals surface area contributed by atoms with Gasteiger partial charge in [-0.2, -0.15) is 0 Å². The first-order valence-corrected chi connectivity index (χ1v) is 9.01. The molecule has 0 saturated carbocycles. The van der Waals surface area contributed by atoms with Crippen LogP contribution in [0.5, 0.6) is 11.5 Å². The molecule has 0 bridgehead atoms. The predicted molar refractivity (Wildman–Crippen MR) is 106 cm³/mol. The normalized spacial score (nSPS) is 10.5. The Kier molecular flexibility index (Phi) is 6.06. The van der Waals surface area contributed by atoms with E-state index in [2.05, 4.69) is 4.98 Å². The number of halogens is 1. The number of carbonyl (C=O) groups is 2. The monoisotopic (exact) mass is 395 g/mol. The standard InChI is InChI=1S/C22H18ClNO4/c1-14-10-16(4-7-20(14)23)12-17(25)11-15-2-5-18(6-3-15)28-19-8-9-24-21(13-19)22(26)27/h2-10,13H,11-12H2,1H3,(H,26,27). The maximum atomic E-state index is 12.3. The van der Waals surface area contributed by atoms with E-state index in [1.54, 1.807) is 24.3 Å². The molecule has 0 unspecified atom stereocenters.